The zero-order valence-corrected chi connectivity index (χ0v) is 14.9. The molecule has 10 heteroatoms. The van der Waals surface area contributed by atoms with Crippen molar-refractivity contribution in [3.05, 3.63) is 12.2 Å². The van der Waals surface area contributed by atoms with Crippen LogP contribution >= 0.6 is 0 Å². The summed E-state index contributed by atoms with van der Waals surface area (Å²) in [5, 5.41) is 29.4. The summed E-state index contributed by atoms with van der Waals surface area (Å²) < 4.78 is 12.3. The van der Waals surface area contributed by atoms with E-state index in [1.165, 1.54) is 10.9 Å². The Hall–Kier alpha value is -2.29. The largest absolute Gasteiger partial charge is 0.394 e. The highest BCUT2D eigenvalue weighted by Crippen LogP contribution is 2.31. The van der Waals surface area contributed by atoms with Crippen molar-refractivity contribution in [2.45, 2.75) is 44.3 Å². The molecule has 4 atom stereocenters. The Morgan fingerprint density at radius 3 is 2.85 bits per heavy atom. The number of aliphatic hydroxyl groups is 3. The summed E-state index contributed by atoms with van der Waals surface area (Å²) in [6, 6.07) is 0. The second-order valence-electron chi connectivity index (χ2n) is 6.19. The van der Waals surface area contributed by atoms with Crippen LogP contribution in [0.5, 0.6) is 0 Å². The molecule has 3 rings (SSSR count). The molecule has 2 aromatic heterocycles. The number of unbranched alkanes of at least 4 members (excludes halogenated alkanes) is 1. The Morgan fingerprint density at radius 1 is 1.33 bits per heavy atom. The van der Waals surface area contributed by atoms with Gasteiger partial charge < -0.3 is 30.5 Å². The van der Waals surface area contributed by atoms with E-state index in [1.54, 1.807) is 0 Å². The first-order valence-corrected chi connectivity index (χ1v) is 8.76. The number of nitrogen functional groups attached to an aromatic ring is 1. The fourth-order valence-electron chi connectivity index (χ4n) is 2.78. The van der Waals surface area contributed by atoms with Crippen LogP contribution in [0.1, 0.15) is 31.8 Å². The normalized spacial score (nSPS) is 24.9. The second-order valence-corrected chi connectivity index (χ2v) is 6.19. The van der Waals surface area contributed by atoms with Gasteiger partial charge >= 0.3 is 0 Å². The van der Waals surface area contributed by atoms with E-state index < -0.39 is 31.1 Å². The summed E-state index contributed by atoms with van der Waals surface area (Å²) in [5.74, 6) is 5.95. The zero-order chi connectivity index (χ0) is 19.4. The summed E-state index contributed by atoms with van der Waals surface area (Å²) in [4.78, 5) is 12.6. The van der Waals surface area contributed by atoms with E-state index in [1.807, 2.05) is 0 Å². The summed E-state index contributed by atoms with van der Waals surface area (Å²) in [5.41, 5.74) is 6.58. The molecular formula is C17H23N5O5. The number of rotatable bonds is 6. The first kappa shape index (κ1) is 19.5. The molecule has 1 fully saturated rings. The number of anilines is 1. The molecule has 0 radical (unpaired) electrons. The molecule has 3 heterocycles. The van der Waals surface area contributed by atoms with Crippen LogP contribution in [-0.4, -0.2) is 73.0 Å². The molecule has 146 valence electrons. The molecule has 2 unspecified atom stereocenters. The minimum Gasteiger partial charge on any atom is -0.394 e. The van der Waals surface area contributed by atoms with Crippen LogP contribution in [-0.2, 0) is 9.47 Å². The number of hydrogen-bond acceptors (Lipinski definition) is 9. The Labute approximate surface area is 156 Å². The van der Waals surface area contributed by atoms with Crippen molar-refractivity contribution in [3.8, 4) is 11.8 Å². The third kappa shape index (κ3) is 4.02. The maximum atomic E-state index is 10.2. The van der Waals surface area contributed by atoms with E-state index in [2.05, 4.69) is 33.7 Å². The van der Waals surface area contributed by atoms with Gasteiger partial charge in [-0.05, 0) is 12.3 Å². The highest BCUT2D eigenvalue weighted by Gasteiger charge is 2.44. The maximum absolute atomic E-state index is 10.2. The summed E-state index contributed by atoms with van der Waals surface area (Å²) in [6.07, 6.45) is -0.930. The summed E-state index contributed by atoms with van der Waals surface area (Å²) in [6.45, 7) is 2.56. The third-order valence-corrected chi connectivity index (χ3v) is 4.26. The second kappa shape index (κ2) is 8.60. The minimum atomic E-state index is -1.25. The van der Waals surface area contributed by atoms with Crippen molar-refractivity contribution >= 4 is 17.0 Å². The SMILES string of the molecule is CCCCOCC#Cc1nc(N)c2ncn([C@@H]3O[C@H](CO)C(O)C3O)c2n1. The Kier molecular flexibility index (Phi) is 6.20. The number of imidazole rings is 1. The molecular weight excluding hydrogens is 354 g/mol. The average Bonchev–Trinajstić information content (AvgIpc) is 3.20. The highest BCUT2D eigenvalue weighted by atomic mass is 16.6. The molecule has 0 bridgehead atoms. The maximum Gasteiger partial charge on any atom is 0.209 e. The average molecular weight is 377 g/mol. The smallest absolute Gasteiger partial charge is 0.209 e. The molecule has 5 N–H and O–H groups in total. The molecule has 0 aromatic carbocycles. The number of nitrogens with two attached hydrogens (primary N) is 1. The first-order chi connectivity index (χ1) is 13.1. The third-order valence-electron chi connectivity index (χ3n) is 4.26. The lowest BCUT2D eigenvalue weighted by molar-refractivity contribution is -0.0511. The number of fused-ring (bicyclic) bond motifs is 1. The van der Waals surface area contributed by atoms with Crippen LogP contribution in [0.3, 0.4) is 0 Å². The molecule has 0 saturated carbocycles. The fraction of sp³-hybridized carbons (Fsp3) is 0.588. The topological polar surface area (TPSA) is 149 Å². The quantitative estimate of drug-likeness (QED) is 0.374. The van der Waals surface area contributed by atoms with Crippen LogP contribution in [0.4, 0.5) is 5.82 Å². The summed E-state index contributed by atoms with van der Waals surface area (Å²) >= 11 is 0. The lowest BCUT2D eigenvalue weighted by Crippen LogP contribution is -2.33. The van der Waals surface area contributed by atoms with E-state index >= 15 is 0 Å². The van der Waals surface area contributed by atoms with Gasteiger partial charge in [0.05, 0.1) is 12.9 Å². The van der Waals surface area contributed by atoms with Crippen LogP contribution in [0, 0.1) is 11.8 Å². The minimum absolute atomic E-state index is 0.140. The molecule has 0 amide bonds. The molecule has 10 nitrogen and oxygen atoms in total. The van der Waals surface area contributed by atoms with E-state index in [0.29, 0.717) is 17.8 Å². The first-order valence-electron chi connectivity index (χ1n) is 8.76. The van der Waals surface area contributed by atoms with E-state index in [9.17, 15) is 15.3 Å². The van der Waals surface area contributed by atoms with Gasteiger partial charge in [-0.15, -0.1) is 0 Å². The van der Waals surface area contributed by atoms with Gasteiger partial charge in [-0.1, -0.05) is 19.3 Å². The molecule has 27 heavy (non-hydrogen) atoms. The molecule has 1 aliphatic rings. The van der Waals surface area contributed by atoms with Crippen molar-refractivity contribution in [3.63, 3.8) is 0 Å². The van der Waals surface area contributed by atoms with Gasteiger partial charge in [0.1, 0.15) is 30.4 Å². The predicted octanol–water partition coefficient (Wildman–Crippen LogP) is -0.812. The van der Waals surface area contributed by atoms with E-state index in [4.69, 9.17) is 15.2 Å². The Balaban J connectivity index is 1.84. The lowest BCUT2D eigenvalue weighted by Gasteiger charge is -2.16. The van der Waals surface area contributed by atoms with Crippen molar-refractivity contribution in [1.82, 2.24) is 19.5 Å². The fourth-order valence-corrected chi connectivity index (χ4v) is 2.78. The van der Waals surface area contributed by atoms with Gasteiger partial charge in [-0.3, -0.25) is 4.57 Å². The van der Waals surface area contributed by atoms with Gasteiger partial charge in [0, 0.05) is 6.61 Å². The van der Waals surface area contributed by atoms with Gasteiger partial charge in [0.25, 0.3) is 0 Å². The van der Waals surface area contributed by atoms with E-state index in [0.717, 1.165) is 12.8 Å². The van der Waals surface area contributed by atoms with E-state index in [-0.39, 0.29) is 18.2 Å². The van der Waals surface area contributed by atoms with Crippen LogP contribution in [0.2, 0.25) is 0 Å². The number of nitrogens with zero attached hydrogens (tertiary/aromatic N) is 4. The molecule has 0 spiro atoms. The number of aromatic nitrogens is 4. The van der Waals surface area contributed by atoms with Crippen molar-refractivity contribution in [1.29, 1.82) is 0 Å². The highest BCUT2D eigenvalue weighted by molar-refractivity contribution is 5.82. The number of aliphatic hydroxyl groups excluding tert-OH is 3. The van der Waals surface area contributed by atoms with Crippen LogP contribution < -0.4 is 5.73 Å². The zero-order valence-electron chi connectivity index (χ0n) is 14.9. The summed E-state index contributed by atoms with van der Waals surface area (Å²) in [7, 11) is 0. The van der Waals surface area contributed by atoms with Gasteiger partial charge in [0.2, 0.25) is 5.82 Å². The molecule has 1 saturated heterocycles. The van der Waals surface area contributed by atoms with Gasteiger partial charge in [-0.25, -0.2) is 15.0 Å². The van der Waals surface area contributed by atoms with Crippen molar-refractivity contribution in [2.24, 2.45) is 0 Å². The Morgan fingerprint density at radius 2 is 2.15 bits per heavy atom. The number of ether oxygens (including phenoxy) is 2. The Bertz CT molecular complexity index is 845. The standard InChI is InChI=1S/C17H23N5O5/c1-2-3-6-26-7-4-5-11-20-15(18)12-16(21-11)22(9-19-12)17-14(25)13(24)10(8-23)27-17/h9-10,13-14,17,23-25H,2-3,6-8H2,1H3,(H2,18,20,21)/t10-,13?,14?,17-/m1/s1. The van der Waals surface area contributed by atoms with Crippen molar-refractivity contribution < 1.29 is 24.8 Å². The van der Waals surface area contributed by atoms with Gasteiger partial charge in [-0.2, -0.15) is 0 Å². The molecule has 0 aliphatic carbocycles. The number of hydrogen-bond donors (Lipinski definition) is 4. The molecule has 1 aliphatic heterocycles. The lowest BCUT2D eigenvalue weighted by atomic mass is 10.1. The van der Waals surface area contributed by atoms with Gasteiger partial charge in [0.15, 0.2) is 17.7 Å². The van der Waals surface area contributed by atoms with Crippen molar-refractivity contribution in [2.75, 3.05) is 25.6 Å². The predicted molar refractivity (Wildman–Crippen MR) is 95.3 cm³/mol. The van der Waals surface area contributed by atoms with Crippen LogP contribution in [0.15, 0.2) is 6.33 Å². The van der Waals surface area contributed by atoms with Crippen LogP contribution in [0.25, 0.3) is 11.2 Å². The molecule has 2 aromatic rings. The monoisotopic (exact) mass is 377 g/mol.